The maximum absolute atomic E-state index is 1.59. The summed E-state index contributed by atoms with van der Waals surface area (Å²) < 4.78 is 0. The topological polar surface area (TPSA) is 0 Å². The van der Waals surface area contributed by atoms with E-state index in [0.717, 1.165) is 23.7 Å². The molecule has 0 aromatic heterocycles. The third-order valence-corrected chi connectivity index (χ3v) is 5.64. The number of hydrogen-bond acceptors (Lipinski definition) is 0. The lowest BCUT2D eigenvalue weighted by molar-refractivity contribution is 0.0657. The van der Waals surface area contributed by atoms with Crippen LogP contribution in [0.2, 0.25) is 0 Å². The highest BCUT2D eigenvalue weighted by Crippen LogP contribution is 2.49. The van der Waals surface area contributed by atoms with Gasteiger partial charge < -0.3 is 0 Å². The van der Waals surface area contributed by atoms with E-state index < -0.39 is 0 Å². The minimum Gasteiger partial charge on any atom is -0.0530 e. The van der Waals surface area contributed by atoms with Crippen LogP contribution in [0, 0.1) is 23.7 Å². The molecule has 0 bridgehead atoms. The van der Waals surface area contributed by atoms with Gasteiger partial charge in [-0.25, -0.2) is 0 Å². The summed E-state index contributed by atoms with van der Waals surface area (Å²) in [5.41, 5.74) is 0. The zero-order chi connectivity index (χ0) is 10.1. The zero-order valence-corrected chi connectivity index (χ0v) is 10.1. The Labute approximate surface area is 94.8 Å². The molecule has 3 rings (SSSR count). The zero-order valence-electron chi connectivity index (χ0n) is 10.1. The second-order valence-corrected chi connectivity index (χ2v) is 6.35. The van der Waals surface area contributed by atoms with E-state index in [1.165, 1.54) is 0 Å². The van der Waals surface area contributed by atoms with Gasteiger partial charge in [0.1, 0.15) is 0 Å². The lowest BCUT2D eigenvalue weighted by Crippen LogP contribution is -2.34. The van der Waals surface area contributed by atoms with Crippen LogP contribution < -0.4 is 0 Å². The summed E-state index contributed by atoms with van der Waals surface area (Å²) in [4.78, 5) is 0. The fraction of sp³-hybridized carbons (Fsp3) is 1.00. The Morgan fingerprint density at radius 2 is 0.800 bits per heavy atom. The maximum atomic E-state index is 1.59. The molecule has 0 nitrogen and oxygen atoms in total. The van der Waals surface area contributed by atoms with Gasteiger partial charge in [0.05, 0.1) is 0 Å². The summed E-state index contributed by atoms with van der Waals surface area (Å²) >= 11 is 0. The van der Waals surface area contributed by atoms with Gasteiger partial charge in [-0.2, -0.15) is 0 Å². The Morgan fingerprint density at radius 1 is 0.400 bits per heavy atom. The van der Waals surface area contributed by atoms with Crippen LogP contribution in [0.5, 0.6) is 0 Å². The molecule has 3 aliphatic carbocycles. The molecule has 3 saturated carbocycles. The molecule has 0 heterocycles. The van der Waals surface area contributed by atoms with Crippen LogP contribution in [-0.2, 0) is 0 Å². The Kier molecular flexibility index (Phi) is 3.03. The van der Waals surface area contributed by atoms with Crippen molar-refractivity contribution in [3.8, 4) is 0 Å². The molecule has 0 aliphatic heterocycles. The molecule has 86 valence electrons. The normalized spacial score (nSPS) is 42.8. The van der Waals surface area contributed by atoms with Gasteiger partial charge in [-0.3, -0.25) is 0 Å². The van der Waals surface area contributed by atoms with Gasteiger partial charge in [-0.1, -0.05) is 57.8 Å². The smallest absolute Gasteiger partial charge is 0.0355 e. The SMILES string of the molecule is C1CCC2C(C1)CCCC2C1CCCC1. The van der Waals surface area contributed by atoms with Crippen molar-refractivity contribution >= 4 is 0 Å². The van der Waals surface area contributed by atoms with E-state index in [4.69, 9.17) is 0 Å². The van der Waals surface area contributed by atoms with Gasteiger partial charge in [0, 0.05) is 0 Å². The van der Waals surface area contributed by atoms with Crippen molar-refractivity contribution < 1.29 is 0 Å². The maximum Gasteiger partial charge on any atom is -0.0355 e. The largest absolute Gasteiger partial charge is 0.0530 e. The quantitative estimate of drug-likeness (QED) is 0.579. The number of rotatable bonds is 1. The summed E-state index contributed by atoms with van der Waals surface area (Å²) in [5.74, 6) is 4.62. The van der Waals surface area contributed by atoms with Crippen LogP contribution in [0.4, 0.5) is 0 Å². The van der Waals surface area contributed by atoms with Crippen molar-refractivity contribution in [3.63, 3.8) is 0 Å². The van der Waals surface area contributed by atoms with Crippen LogP contribution in [-0.4, -0.2) is 0 Å². The molecule has 0 heteroatoms. The van der Waals surface area contributed by atoms with Crippen LogP contribution >= 0.6 is 0 Å². The van der Waals surface area contributed by atoms with E-state index in [1.807, 2.05) is 0 Å². The molecule has 0 aromatic rings. The van der Waals surface area contributed by atoms with E-state index in [0.29, 0.717) is 0 Å². The molecule has 0 amide bonds. The van der Waals surface area contributed by atoms with Crippen molar-refractivity contribution in [2.24, 2.45) is 23.7 Å². The van der Waals surface area contributed by atoms with Crippen molar-refractivity contribution in [2.45, 2.75) is 70.6 Å². The van der Waals surface area contributed by atoms with E-state index in [1.54, 1.807) is 70.6 Å². The first-order valence-electron chi connectivity index (χ1n) is 7.45. The molecule has 15 heavy (non-hydrogen) atoms. The fourth-order valence-corrected chi connectivity index (χ4v) is 4.96. The molecule has 0 spiro atoms. The summed E-state index contributed by atoms with van der Waals surface area (Å²) in [5, 5.41) is 0. The molecule has 0 saturated heterocycles. The van der Waals surface area contributed by atoms with Crippen molar-refractivity contribution in [1.29, 1.82) is 0 Å². The first kappa shape index (κ1) is 10.2. The van der Waals surface area contributed by atoms with Crippen LogP contribution in [0.1, 0.15) is 70.6 Å². The van der Waals surface area contributed by atoms with E-state index >= 15 is 0 Å². The van der Waals surface area contributed by atoms with E-state index in [-0.39, 0.29) is 0 Å². The third-order valence-electron chi connectivity index (χ3n) is 5.64. The highest BCUT2D eigenvalue weighted by Gasteiger charge is 2.39. The minimum atomic E-state index is 1.15. The number of hydrogen-bond donors (Lipinski definition) is 0. The lowest BCUT2D eigenvalue weighted by atomic mass is 9.62. The summed E-state index contributed by atoms with van der Waals surface area (Å²) in [6.45, 7) is 0. The predicted molar refractivity (Wildman–Crippen MR) is 64.7 cm³/mol. The highest BCUT2D eigenvalue weighted by molar-refractivity contribution is 4.89. The van der Waals surface area contributed by atoms with Crippen LogP contribution in [0.15, 0.2) is 0 Å². The fourth-order valence-electron chi connectivity index (χ4n) is 4.96. The molecule has 0 aromatic carbocycles. The first-order chi connectivity index (χ1) is 7.45. The molecule has 3 atom stereocenters. The van der Waals surface area contributed by atoms with Gasteiger partial charge in [0.2, 0.25) is 0 Å². The summed E-state index contributed by atoms with van der Waals surface area (Å²) in [7, 11) is 0. The average Bonchev–Trinajstić information content (AvgIpc) is 2.82. The van der Waals surface area contributed by atoms with E-state index in [9.17, 15) is 0 Å². The Morgan fingerprint density at radius 3 is 1.40 bits per heavy atom. The summed E-state index contributed by atoms with van der Waals surface area (Å²) in [6, 6.07) is 0. The average molecular weight is 206 g/mol. The Hall–Kier alpha value is 0. The van der Waals surface area contributed by atoms with Crippen LogP contribution in [0.3, 0.4) is 0 Å². The molecule has 0 N–H and O–H groups in total. The first-order valence-corrected chi connectivity index (χ1v) is 7.45. The summed E-state index contributed by atoms with van der Waals surface area (Å²) in [6.07, 6.45) is 17.2. The standard InChI is InChI=1S/C15H26/c1-2-7-12(6-1)15-11-5-9-13-8-3-4-10-14(13)15/h12-15H,1-11H2. The van der Waals surface area contributed by atoms with Crippen molar-refractivity contribution in [2.75, 3.05) is 0 Å². The molecule has 3 aliphatic rings. The van der Waals surface area contributed by atoms with Gasteiger partial charge in [0.15, 0.2) is 0 Å². The third kappa shape index (κ3) is 1.97. The van der Waals surface area contributed by atoms with Gasteiger partial charge in [-0.15, -0.1) is 0 Å². The Balaban J connectivity index is 1.69. The van der Waals surface area contributed by atoms with Gasteiger partial charge >= 0.3 is 0 Å². The van der Waals surface area contributed by atoms with Gasteiger partial charge in [-0.05, 0) is 36.5 Å². The van der Waals surface area contributed by atoms with Crippen molar-refractivity contribution in [3.05, 3.63) is 0 Å². The second kappa shape index (κ2) is 4.47. The van der Waals surface area contributed by atoms with E-state index in [2.05, 4.69) is 0 Å². The molecular weight excluding hydrogens is 180 g/mol. The van der Waals surface area contributed by atoms with Crippen molar-refractivity contribution in [1.82, 2.24) is 0 Å². The molecule has 0 radical (unpaired) electrons. The molecule has 3 fully saturated rings. The van der Waals surface area contributed by atoms with Crippen LogP contribution in [0.25, 0.3) is 0 Å². The monoisotopic (exact) mass is 206 g/mol. The van der Waals surface area contributed by atoms with Gasteiger partial charge in [0.25, 0.3) is 0 Å². The Bertz CT molecular complexity index is 200. The minimum absolute atomic E-state index is 1.15. The molecular formula is C15H26. The predicted octanol–water partition coefficient (Wildman–Crippen LogP) is 4.78. The molecule has 3 unspecified atom stereocenters. The lowest BCUT2D eigenvalue weighted by Gasteiger charge is -2.44. The highest BCUT2D eigenvalue weighted by atomic mass is 14.4. The second-order valence-electron chi connectivity index (χ2n) is 6.35. The number of fused-ring (bicyclic) bond motifs is 1.